The van der Waals surface area contributed by atoms with Gasteiger partial charge in [-0.15, -0.1) is 0 Å². The van der Waals surface area contributed by atoms with Crippen LogP contribution in [-0.2, 0) is 0 Å². The van der Waals surface area contributed by atoms with Crippen LogP contribution in [0.1, 0.15) is 0 Å². The fraction of sp³-hybridized carbons (Fsp3) is 0. The van der Waals surface area contributed by atoms with Crippen molar-refractivity contribution in [3.63, 3.8) is 0 Å². The monoisotopic (exact) mass is 202 g/mol. The SMILES string of the molecule is O=C(O)NC1=CC=CC=C2NC=CC=C21. The number of carboxylic acid groups (broad SMARTS) is 1. The van der Waals surface area contributed by atoms with Gasteiger partial charge in [0.2, 0.25) is 0 Å². The van der Waals surface area contributed by atoms with Crippen molar-refractivity contribution in [2.45, 2.75) is 0 Å². The van der Waals surface area contributed by atoms with E-state index in [9.17, 15) is 4.79 Å². The molecular weight excluding hydrogens is 192 g/mol. The normalized spacial score (nSPS) is 17.7. The fourth-order valence-corrected chi connectivity index (χ4v) is 1.44. The topological polar surface area (TPSA) is 61.4 Å². The number of fused-ring (bicyclic) bond motifs is 1. The zero-order valence-electron chi connectivity index (χ0n) is 7.90. The first-order valence-electron chi connectivity index (χ1n) is 4.50. The molecule has 1 amide bonds. The molecule has 3 N–H and O–H groups in total. The summed E-state index contributed by atoms with van der Waals surface area (Å²) in [6.07, 6.45) is 11.7. The van der Waals surface area contributed by atoms with Crippen molar-refractivity contribution in [3.05, 3.63) is 59.6 Å². The average molecular weight is 202 g/mol. The molecule has 1 aliphatic carbocycles. The van der Waals surface area contributed by atoms with Gasteiger partial charge in [-0.25, -0.2) is 4.79 Å². The number of amides is 1. The van der Waals surface area contributed by atoms with Gasteiger partial charge in [0.25, 0.3) is 0 Å². The van der Waals surface area contributed by atoms with E-state index >= 15 is 0 Å². The van der Waals surface area contributed by atoms with E-state index in [0.29, 0.717) is 5.70 Å². The molecular formula is C11H10N2O2. The second kappa shape index (κ2) is 3.88. The van der Waals surface area contributed by atoms with E-state index in [0.717, 1.165) is 11.3 Å². The minimum absolute atomic E-state index is 0.569. The van der Waals surface area contributed by atoms with E-state index in [-0.39, 0.29) is 0 Å². The Kier molecular flexibility index (Phi) is 2.41. The van der Waals surface area contributed by atoms with Gasteiger partial charge in [-0.1, -0.05) is 12.2 Å². The van der Waals surface area contributed by atoms with Gasteiger partial charge in [0.15, 0.2) is 0 Å². The Morgan fingerprint density at radius 2 is 2.00 bits per heavy atom. The maximum Gasteiger partial charge on any atom is 0.409 e. The molecule has 1 aliphatic heterocycles. The van der Waals surface area contributed by atoms with Crippen molar-refractivity contribution in [2.24, 2.45) is 0 Å². The standard InChI is InChI=1S/C11H10N2O2/c14-11(15)13-10-6-2-1-5-9-8(10)4-3-7-12-9/h1-7,12-13H,(H,14,15). The molecule has 2 rings (SSSR count). The molecule has 0 spiro atoms. The van der Waals surface area contributed by atoms with Gasteiger partial charge in [-0.3, -0.25) is 5.32 Å². The van der Waals surface area contributed by atoms with Crippen LogP contribution in [0, 0.1) is 0 Å². The molecule has 0 aromatic rings. The predicted molar refractivity (Wildman–Crippen MR) is 56.8 cm³/mol. The lowest BCUT2D eigenvalue weighted by atomic mass is 10.1. The van der Waals surface area contributed by atoms with Crippen LogP contribution in [-0.4, -0.2) is 11.2 Å². The van der Waals surface area contributed by atoms with Gasteiger partial charge < -0.3 is 10.4 Å². The number of hydrogen-bond donors (Lipinski definition) is 3. The molecule has 0 saturated heterocycles. The molecule has 1 heterocycles. The molecule has 0 bridgehead atoms. The third-order valence-electron chi connectivity index (χ3n) is 2.06. The molecule has 0 saturated carbocycles. The molecule has 76 valence electrons. The third-order valence-corrected chi connectivity index (χ3v) is 2.06. The van der Waals surface area contributed by atoms with Crippen molar-refractivity contribution in [3.8, 4) is 0 Å². The minimum Gasteiger partial charge on any atom is -0.465 e. The summed E-state index contributed by atoms with van der Waals surface area (Å²) in [5, 5.41) is 14.1. The summed E-state index contributed by atoms with van der Waals surface area (Å²) in [6.45, 7) is 0. The summed E-state index contributed by atoms with van der Waals surface area (Å²) in [5.41, 5.74) is 2.29. The number of carbonyl (C=O) groups is 1. The molecule has 0 aromatic heterocycles. The van der Waals surface area contributed by atoms with Crippen LogP contribution in [0.3, 0.4) is 0 Å². The number of dihydropyridines is 1. The van der Waals surface area contributed by atoms with E-state index in [1.807, 2.05) is 24.3 Å². The Hall–Kier alpha value is -2.23. The number of allylic oxidation sites excluding steroid dienone is 6. The lowest BCUT2D eigenvalue weighted by Crippen LogP contribution is -2.24. The molecule has 0 unspecified atom stereocenters. The average Bonchev–Trinajstić information content (AvgIpc) is 2.41. The zero-order chi connectivity index (χ0) is 10.7. The van der Waals surface area contributed by atoms with Crippen LogP contribution in [0.25, 0.3) is 0 Å². The molecule has 0 aromatic carbocycles. The smallest absolute Gasteiger partial charge is 0.409 e. The van der Waals surface area contributed by atoms with Gasteiger partial charge >= 0.3 is 6.09 Å². The number of rotatable bonds is 1. The minimum atomic E-state index is -1.06. The number of nitrogens with one attached hydrogen (secondary N) is 2. The highest BCUT2D eigenvalue weighted by atomic mass is 16.4. The van der Waals surface area contributed by atoms with Crippen molar-refractivity contribution >= 4 is 6.09 Å². The van der Waals surface area contributed by atoms with Crippen LogP contribution in [0.2, 0.25) is 0 Å². The molecule has 4 nitrogen and oxygen atoms in total. The first kappa shape index (κ1) is 9.33. The van der Waals surface area contributed by atoms with Gasteiger partial charge in [-0.2, -0.15) is 0 Å². The van der Waals surface area contributed by atoms with E-state index < -0.39 is 6.09 Å². The van der Waals surface area contributed by atoms with E-state index in [4.69, 9.17) is 5.11 Å². The second-order valence-corrected chi connectivity index (χ2v) is 3.06. The van der Waals surface area contributed by atoms with Gasteiger partial charge in [0.05, 0.1) is 5.70 Å². The van der Waals surface area contributed by atoms with Crippen molar-refractivity contribution < 1.29 is 9.90 Å². The fourth-order valence-electron chi connectivity index (χ4n) is 1.44. The highest BCUT2D eigenvalue weighted by Gasteiger charge is 2.14. The Morgan fingerprint density at radius 1 is 1.20 bits per heavy atom. The molecule has 2 aliphatic rings. The maximum absolute atomic E-state index is 10.6. The lowest BCUT2D eigenvalue weighted by Gasteiger charge is -2.16. The van der Waals surface area contributed by atoms with Crippen LogP contribution in [0.4, 0.5) is 4.79 Å². The summed E-state index contributed by atoms with van der Waals surface area (Å²) < 4.78 is 0. The van der Waals surface area contributed by atoms with Gasteiger partial charge in [0, 0.05) is 17.5 Å². The summed E-state index contributed by atoms with van der Waals surface area (Å²) in [7, 11) is 0. The lowest BCUT2D eigenvalue weighted by molar-refractivity contribution is 0.198. The Morgan fingerprint density at radius 3 is 2.80 bits per heavy atom. The number of hydrogen-bond acceptors (Lipinski definition) is 2. The Bertz CT molecular complexity index is 440. The van der Waals surface area contributed by atoms with Crippen LogP contribution >= 0.6 is 0 Å². The maximum atomic E-state index is 10.6. The zero-order valence-corrected chi connectivity index (χ0v) is 7.90. The molecule has 0 atom stereocenters. The summed E-state index contributed by atoms with van der Waals surface area (Å²) in [5.74, 6) is 0. The summed E-state index contributed by atoms with van der Waals surface area (Å²) >= 11 is 0. The predicted octanol–water partition coefficient (Wildman–Crippen LogP) is 1.63. The van der Waals surface area contributed by atoms with Crippen molar-refractivity contribution in [1.82, 2.24) is 10.6 Å². The molecule has 4 heteroatoms. The molecule has 0 radical (unpaired) electrons. The Balaban J connectivity index is 2.36. The first-order chi connectivity index (χ1) is 7.27. The largest absolute Gasteiger partial charge is 0.465 e. The summed E-state index contributed by atoms with van der Waals surface area (Å²) in [6, 6.07) is 0. The summed E-state index contributed by atoms with van der Waals surface area (Å²) in [4.78, 5) is 10.6. The van der Waals surface area contributed by atoms with E-state index in [1.165, 1.54) is 0 Å². The molecule has 0 fully saturated rings. The quantitative estimate of drug-likeness (QED) is 0.605. The van der Waals surface area contributed by atoms with Gasteiger partial charge in [0.1, 0.15) is 0 Å². The van der Waals surface area contributed by atoms with Gasteiger partial charge in [-0.05, 0) is 24.3 Å². The Labute approximate surface area is 87.0 Å². The van der Waals surface area contributed by atoms with Crippen LogP contribution in [0.15, 0.2) is 59.6 Å². The van der Waals surface area contributed by atoms with Crippen molar-refractivity contribution in [1.29, 1.82) is 0 Å². The van der Waals surface area contributed by atoms with Crippen LogP contribution in [0.5, 0.6) is 0 Å². The van der Waals surface area contributed by atoms with E-state index in [2.05, 4.69) is 10.6 Å². The highest BCUT2D eigenvalue weighted by molar-refractivity contribution is 5.70. The molecule has 15 heavy (non-hydrogen) atoms. The van der Waals surface area contributed by atoms with E-state index in [1.54, 1.807) is 18.4 Å². The van der Waals surface area contributed by atoms with Crippen molar-refractivity contribution in [2.75, 3.05) is 0 Å². The van der Waals surface area contributed by atoms with Crippen LogP contribution < -0.4 is 10.6 Å². The highest BCUT2D eigenvalue weighted by Crippen LogP contribution is 2.20. The third kappa shape index (κ3) is 1.99. The second-order valence-electron chi connectivity index (χ2n) is 3.06. The first-order valence-corrected chi connectivity index (χ1v) is 4.50.